The smallest absolute Gasteiger partial charge is 0.317 e. The van der Waals surface area contributed by atoms with Crippen LogP contribution < -0.4 is 0 Å². The molecule has 0 aliphatic rings. The van der Waals surface area contributed by atoms with E-state index in [0.717, 1.165) is 17.3 Å². The zero-order valence-corrected chi connectivity index (χ0v) is 11.2. The number of rotatable bonds is 5. The van der Waals surface area contributed by atoms with Gasteiger partial charge in [0.2, 0.25) is 0 Å². The predicted octanol–water partition coefficient (Wildman–Crippen LogP) is 2.14. The molecule has 1 aromatic heterocycles. The SMILES string of the molecule is N#Cc1cnc(SC(Cc2ccccc2)C(=O)O)cn1. The molecule has 5 nitrogen and oxygen atoms in total. The number of benzene rings is 1. The van der Waals surface area contributed by atoms with E-state index in [0.29, 0.717) is 11.4 Å². The van der Waals surface area contributed by atoms with Crippen LogP contribution in [0.15, 0.2) is 47.8 Å². The Kier molecular flexibility index (Phi) is 4.69. The van der Waals surface area contributed by atoms with Crippen molar-refractivity contribution in [2.24, 2.45) is 0 Å². The second-order valence-corrected chi connectivity index (χ2v) is 5.21. The van der Waals surface area contributed by atoms with Crippen LogP contribution in [0.1, 0.15) is 11.3 Å². The average Bonchev–Trinajstić information content (AvgIpc) is 2.48. The van der Waals surface area contributed by atoms with Crippen LogP contribution in [-0.2, 0) is 11.2 Å². The number of nitrogens with zero attached hydrogens (tertiary/aromatic N) is 3. The molecule has 0 radical (unpaired) electrons. The highest BCUT2D eigenvalue weighted by atomic mass is 32.2. The van der Waals surface area contributed by atoms with Crippen LogP contribution in [0.3, 0.4) is 0 Å². The molecule has 0 amide bonds. The van der Waals surface area contributed by atoms with Gasteiger partial charge in [0.1, 0.15) is 16.3 Å². The first-order valence-corrected chi connectivity index (χ1v) is 6.72. The van der Waals surface area contributed by atoms with E-state index in [9.17, 15) is 9.90 Å². The summed E-state index contributed by atoms with van der Waals surface area (Å²) in [5.74, 6) is -0.898. The molecule has 1 heterocycles. The van der Waals surface area contributed by atoms with Crippen molar-refractivity contribution >= 4 is 17.7 Å². The number of hydrogen-bond acceptors (Lipinski definition) is 5. The van der Waals surface area contributed by atoms with E-state index in [4.69, 9.17) is 5.26 Å². The Labute approximate surface area is 120 Å². The van der Waals surface area contributed by atoms with Gasteiger partial charge < -0.3 is 5.11 Å². The third-order valence-corrected chi connectivity index (χ3v) is 3.65. The Bertz CT molecular complexity index is 623. The van der Waals surface area contributed by atoms with Crippen molar-refractivity contribution in [1.82, 2.24) is 9.97 Å². The number of carboxylic acid groups (broad SMARTS) is 1. The monoisotopic (exact) mass is 285 g/mol. The molecule has 0 saturated carbocycles. The summed E-state index contributed by atoms with van der Waals surface area (Å²) >= 11 is 1.13. The molecule has 0 aliphatic carbocycles. The summed E-state index contributed by atoms with van der Waals surface area (Å²) in [5, 5.41) is 17.8. The van der Waals surface area contributed by atoms with Crippen molar-refractivity contribution in [3.8, 4) is 6.07 Å². The molecule has 1 atom stereocenters. The third-order valence-electron chi connectivity index (χ3n) is 2.55. The molecule has 20 heavy (non-hydrogen) atoms. The minimum atomic E-state index is -0.898. The summed E-state index contributed by atoms with van der Waals surface area (Å²) in [6, 6.07) is 11.3. The molecular formula is C14H11N3O2S. The lowest BCUT2D eigenvalue weighted by Crippen LogP contribution is -2.19. The number of aliphatic carboxylic acids is 1. The maximum absolute atomic E-state index is 11.3. The van der Waals surface area contributed by atoms with E-state index >= 15 is 0 Å². The minimum absolute atomic E-state index is 0.212. The van der Waals surface area contributed by atoms with Gasteiger partial charge in [0.15, 0.2) is 5.69 Å². The van der Waals surface area contributed by atoms with Crippen LogP contribution in [0.25, 0.3) is 0 Å². The van der Waals surface area contributed by atoms with Crippen LogP contribution in [-0.4, -0.2) is 26.3 Å². The second kappa shape index (κ2) is 6.68. The number of carbonyl (C=O) groups is 1. The molecule has 0 aliphatic heterocycles. The molecule has 0 bridgehead atoms. The molecule has 1 N–H and O–H groups in total. The highest BCUT2D eigenvalue weighted by Crippen LogP contribution is 2.24. The summed E-state index contributed by atoms with van der Waals surface area (Å²) in [6.45, 7) is 0. The highest BCUT2D eigenvalue weighted by molar-refractivity contribution is 8.00. The van der Waals surface area contributed by atoms with Crippen LogP contribution in [0.5, 0.6) is 0 Å². The summed E-state index contributed by atoms with van der Waals surface area (Å²) in [7, 11) is 0. The fourth-order valence-electron chi connectivity index (χ4n) is 1.59. The molecule has 0 saturated heterocycles. The topological polar surface area (TPSA) is 86.9 Å². The molecule has 2 aromatic rings. The Balaban J connectivity index is 2.09. The van der Waals surface area contributed by atoms with Gasteiger partial charge in [0, 0.05) is 0 Å². The fraction of sp³-hybridized carbons (Fsp3) is 0.143. The first kappa shape index (κ1) is 14.0. The van der Waals surface area contributed by atoms with Gasteiger partial charge in [-0.2, -0.15) is 5.26 Å². The van der Waals surface area contributed by atoms with Crippen LogP contribution >= 0.6 is 11.8 Å². The van der Waals surface area contributed by atoms with Gasteiger partial charge in [-0.3, -0.25) is 4.79 Å². The summed E-state index contributed by atoms with van der Waals surface area (Å²) in [4.78, 5) is 19.2. The zero-order valence-electron chi connectivity index (χ0n) is 10.4. The van der Waals surface area contributed by atoms with Gasteiger partial charge in [-0.05, 0) is 12.0 Å². The van der Waals surface area contributed by atoms with Gasteiger partial charge in [-0.25, -0.2) is 9.97 Å². The van der Waals surface area contributed by atoms with Gasteiger partial charge in [0.05, 0.1) is 12.4 Å². The van der Waals surface area contributed by atoms with Gasteiger partial charge in [-0.1, -0.05) is 42.1 Å². The molecule has 6 heteroatoms. The van der Waals surface area contributed by atoms with Crippen molar-refractivity contribution in [2.45, 2.75) is 16.7 Å². The Morgan fingerprint density at radius 3 is 2.60 bits per heavy atom. The number of thioether (sulfide) groups is 1. The Hall–Kier alpha value is -2.39. The molecule has 1 aromatic carbocycles. The van der Waals surface area contributed by atoms with Gasteiger partial charge in [0.25, 0.3) is 0 Å². The number of aromatic nitrogens is 2. The number of hydrogen-bond donors (Lipinski definition) is 1. The van der Waals surface area contributed by atoms with E-state index in [1.54, 1.807) is 0 Å². The fourth-order valence-corrected chi connectivity index (χ4v) is 2.48. The number of nitriles is 1. The van der Waals surface area contributed by atoms with Crippen LogP contribution in [0.4, 0.5) is 0 Å². The summed E-state index contributed by atoms with van der Waals surface area (Å²) in [6.07, 6.45) is 3.16. The number of carboxylic acids is 1. The zero-order chi connectivity index (χ0) is 14.4. The average molecular weight is 285 g/mol. The lowest BCUT2D eigenvalue weighted by molar-refractivity contribution is -0.136. The second-order valence-electron chi connectivity index (χ2n) is 3.99. The lowest BCUT2D eigenvalue weighted by Gasteiger charge is -2.11. The standard InChI is InChI=1S/C14H11N3O2S/c15-7-11-8-17-13(9-16-11)20-12(14(18)19)6-10-4-2-1-3-5-10/h1-5,8-9,12H,6H2,(H,18,19). The van der Waals surface area contributed by atoms with Crippen molar-refractivity contribution in [3.63, 3.8) is 0 Å². The lowest BCUT2D eigenvalue weighted by atomic mass is 10.1. The van der Waals surface area contributed by atoms with E-state index in [1.165, 1.54) is 12.4 Å². The van der Waals surface area contributed by atoms with Crippen LogP contribution in [0.2, 0.25) is 0 Å². The molecule has 0 spiro atoms. The Morgan fingerprint density at radius 2 is 2.05 bits per heavy atom. The normalized spacial score (nSPS) is 11.6. The molecule has 1 unspecified atom stereocenters. The first-order valence-electron chi connectivity index (χ1n) is 5.84. The predicted molar refractivity (Wildman–Crippen MR) is 74.2 cm³/mol. The maximum Gasteiger partial charge on any atom is 0.317 e. The van der Waals surface area contributed by atoms with Crippen molar-refractivity contribution in [1.29, 1.82) is 5.26 Å². The highest BCUT2D eigenvalue weighted by Gasteiger charge is 2.20. The van der Waals surface area contributed by atoms with E-state index in [2.05, 4.69) is 9.97 Å². The van der Waals surface area contributed by atoms with E-state index in [1.807, 2.05) is 36.4 Å². The maximum atomic E-state index is 11.3. The van der Waals surface area contributed by atoms with Gasteiger partial charge in [-0.15, -0.1) is 0 Å². The molecule has 100 valence electrons. The largest absolute Gasteiger partial charge is 0.480 e. The Morgan fingerprint density at radius 1 is 1.30 bits per heavy atom. The van der Waals surface area contributed by atoms with E-state index < -0.39 is 11.2 Å². The summed E-state index contributed by atoms with van der Waals surface area (Å²) in [5.41, 5.74) is 1.17. The first-order chi connectivity index (χ1) is 9.69. The van der Waals surface area contributed by atoms with Crippen molar-refractivity contribution in [3.05, 3.63) is 54.0 Å². The quantitative estimate of drug-likeness (QED) is 0.847. The molecule has 2 rings (SSSR count). The van der Waals surface area contributed by atoms with Crippen LogP contribution in [0, 0.1) is 11.3 Å². The van der Waals surface area contributed by atoms with Gasteiger partial charge >= 0.3 is 5.97 Å². The summed E-state index contributed by atoms with van der Waals surface area (Å²) < 4.78 is 0. The minimum Gasteiger partial charge on any atom is -0.480 e. The molecular weight excluding hydrogens is 274 g/mol. The van der Waals surface area contributed by atoms with E-state index in [-0.39, 0.29) is 5.69 Å². The van der Waals surface area contributed by atoms with Crippen molar-refractivity contribution < 1.29 is 9.90 Å². The van der Waals surface area contributed by atoms with Crippen molar-refractivity contribution in [2.75, 3.05) is 0 Å². The third kappa shape index (κ3) is 3.80. The molecule has 0 fully saturated rings.